The Bertz CT molecular complexity index is 1400. The van der Waals surface area contributed by atoms with Gasteiger partial charge in [-0.1, -0.05) is 44.4 Å². The van der Waals surface area contributed by atoms with Crippen molar-refractivity contribution >= 4 is 39.1 Å². The minimum absolute atomic E-state index is 0.0589. The number of rotatable bonds is 9. The van der Waals surface area contributed by atoms with Crippen LogP contribution in [0.4, 0.5) is 0 Å². The second-order valence-corrected chi connectivity index (χ2v) is 11.8. The van der Waals surface area contributed by atoms with E-state index in [1.54, 1.807) is 34.8 Å². The maximum Gasteiger partial charge on any atom is 0.268 e. The van der Waals surface area contributed by atoms with Gasteiger partial charge in [0.05, 0.1) is 30.4 Å². The summed E-state index contributed by atoms with van der Waals surface area (Å²) in [4.78, 5) is 16.1. The number of thiophene rings is 1. The molecule has 0 aliphatic carbocycles. The highest BCUT2D eigenvalue weighted by atomic mass is 32.2. The van der Waals surface area contributed by atoms with E-state index >= 15 is 0 Å². The molecule has 0 saturated heterocycles. The molecule has 0 N–H and O–H groups in total. The first-order chi connectivity index (χ1) is 16.9. The molecule has 3 aromatic heterocycles. The zero-order valence-electron chi connectivity index (χ0n) is 20.8. The summed E-state index contributed by atoms with van der Waals surface area (Å²) in [5.41, 5.74) is 1.48. The highest BCUT2D eigenvalue weighted by Crippen LogP contribution is 2.39. The average Bonchev–Trinajstić information content (AvgIpc) is 3.42. The van der Waals surface area contributed by atoms with Gasteiger partial charge < -0.3 is 9.47 Å². The minimum atomic E-state index is -0.309. The van der Waals surface area contributed by atoms with Gasteiger partial charge in [0.1, 0.15) is 10.6 Å². The van der Waals surface area contributed by atoms with Crippen LogP contribution in [0.25, 0.3) is 21.7 Å². The quantitative estimate of drug-likeness (QED) is 0.202. The molecular weight excluding hydrogens is 480 g/mol. The van der Waals surface area contributed by atoms with Crippen molar-refractivity contribution in [3.63, 3.8) is 0 Å². The standard InChI is InChI=1S/C26H32N4O3S2/c1-5-6-7-8-9-14-34-25-28-27-24-29(17-10-12-18(32-4)13-11-17)22(31)21-19-15-26(2,3)33-16-20(19)35-23(21)30(24)25/h10-13H,5-9,14-16H2,1-4H3. The number of benzene rings is 1. The fourth-order valence-electron chi connectivity index (χ4n) is 4.63. The number of hydrogen-bond acceptors (Lipinski definition) is 7. The Morgan fingerprint density at radius 3 is 2.66 bits per heavy atom. The number of unbranched alkanes of at least 4 members (excludes halogenated alkanes) is 4. The Morgan fingerprint density at radius 1 is 1.14 bits per heavy atom. The maximum atomic E-state index is 14.0. The average molecular weight is 513 g/mol. The van der Waals surface area contributed by atoms with Gasteiger partial charge in [-0.15, -0.1) is 21.5 Å². The Morgan fingerprint density at radius 2 is 1.91 bits per heavy atom. The number of hydrogen-bond donors (Lipinski definition) is 0. The second-order valence-electron chi connectivity index (χ2n) is 9.63. The van der Waals surface area contributed by atoms with Crippen LogP contribution in [0.2, 0.25) is 0 Å². The fourth-order valence-corrected chi connectivity index (χ4v) is 6.84. The molecule has 186 valence electrons. The van der Waals surface area contributed by atoms with Gasteiger partial charge >= 0.3 is 0 Å². The van der Waals surface area contributed by atoms with E-state index in [9.17, 15) is 4.79 Å². The van der Waals surface area contributed by atoms with E-state index in [4.69, 9.17) is 9.47 Å². The lowest BCUT2D eigenvalue weighted by Gasteiger charge is -2.29. The van der Waals surface area contributed by atoms with E-state index in [1.165, 1.54) is 25.7 Å². The third-order valence-electron chi connectivity index (χ3n) is 6.51. The maximum absolute atomic E-state index is 14.0. The largest absolute Gasteiger partial charge is 0.497 e. The third-order valence-corrected chi connectivity index (χ3v) is 8.72. The van der Waals surface area contributed by atoms with Crippen LogP contribution >= 0.6 is 23.1 Å². The van der Waals surface area contributed by atoms with Crippen LogP contribution < -0.4 is 10.3 Å². The van der Waals surface area contributed by atoms with Crippen LogP contribution in [0, 0.1) is 0 Å². The van der Waals surface area contributed by atoms with E-state index in [-0.39, 0.29) is 11.2 Å². The number of thioether (sulfide) groups is 1. The van der Waals surface area contributed by atoms with Crippen molar-refractivity contribution in [1.29, 1.82) is 0 Å². The van der Waals surface area contributed by atoms with Crippen LogP contribution in [-0.4, -0.2) is 37.6 Å². The van der Waals surface area contributed by atoms with Gasteiger partial charge in [-0.2, -0.15) is 0 Å². The predicted molar refractivity (Wildman–Crippen MR) is 143 cm³/mol. The molecule has 4 aromatic rings. The first-order valence-electron chi connectivity index (χ1n) is 12.3. The smallest absolute Gasteiger partial charge is 0.268 e. The molecule has 1 aliphatic heterocycles. The van der Waals surface area contributed by atoms with Gasteiger partial charge in [-0.25, -0.2) is 8.97 Å². The Kier molecular flexibility index (Phi) is 6.92. The summed E-state index contributed by atoms with van der Waals surface area (Å²) in [5.74, 6) is 2.26. The Balaban J connectivity index is 1.66. The molecule has 9 heteroatoms. The SMILES string of the molecule is CCCCCCCSc1nnc2n(-c3ccc(OC)cc3)c(=O)c3c4c(sc3n12)COC(C)(C)C4. The number of nitrogens with zero attached hydrogens (tertiary/aromatic N) is 4. The first kappa shape index (κ1) is 24.3. The first-order valence-corrected chi connectivity index (χ1v) is 14.1. The lowest BCUT2D eigenvalue weighted by molar-refractivity contribution is -0.0379. The molecule has 0 saturated carbocycles. The summed E-state index contributed by atoms with van der Waals surface area (Å²) >= 11 is 3.35. The monoisotopic (exact) mass is 512 g/mol. The molecule has 0 unspecified atom stereocenters. The van der Waals surface area contributed by atoms with Crippen LogP contribution in [0.15, 0.2) is 34.2 Å². The molecule has 0 bridgehead atoms. The zero-order chi connectivity index (χ0) is 24.6. The van der Waals surface area contributed by atoms with E-state index in [0.29, 0.717) is 18.8 Å². The summed E-state index contributed by atoms with van der Waals surface area (Å²) in [6, 6.07) is 7.52. The zero-order valence-corrected chi connectivity index (χ0v) is 22.4. The van der Waals surface area contributed by atoms with E-state index in [2.05, 4.69) is 35.4 Å². The summed E-state index contributed by atoms with van der Waals surface area (Å²) in [7, 11) is 1.64. The predicted octanol–water partition coefficient (Wildman–Crippen LogP) is 6.02. The molecule has 4 heterocycles. The van der Waals surface area contributed by atoms with Gasteiger partial charge in [0, 0.05) is 17.1 Å². The minimum Gasteiger partial charge on any atom is -0.497 e. The van der Waals surface area contributed by atoms with E-state index in [1.807, 2.05) is 24.3 Å². The van der Waals surface area contributed by atoms with E-state index < -0.39 is 0 Å². The molecule has 0 atom stereocenters. The molecule has 0 radical (unpaired) electrons. The van der Waals surface area contributed by atoms with Crippen molar-refractivity contribution in [2.24, 2.45) is 0 Å². The normalized spacial score (nSPS) is 15.1. The summed E-state index contributed by atoms with van der Waals surface area (Å²) in [6.45, 7) is 6.92. The molecule has 5 rings (SSSR count). The lowest BCUT2D eigenvalue weighted by atomic mass is 9.94. The van der Waals surface area contributed by atoms with E-state index in [0.717, 1.165) is 49.4 Å². The highest BCUT2D eigenvalue weighted by molar-refractivity contribution is 7.99. The third kappa shape index (κ3) is 4.61. The fraction of sp³-hybridized carbons (Fsp3) is 0.500. The van der Waals surface area contributed by atoms with Crippen LogP contribution in [-0.2, 0) is 17.8 Å². The van der Waals surface area contributed by atoms with Crippen LogP contribution in [0.3, 0.4) is 0 Å². The van der Waals surface area contributed by atoms with Gasteiger partial charge in [-0.05, 0) is 50.1 Å². The molecular formula is C26H32N4O3S2. The number of ether oxygens (including phenoxy) is 2. The van der Waals surface area contributed by atoms with Gasteiger partial charge in [-0.3, -0.25) is 4.79 Å². The summed E-state index contributed by atoms with van der Waals surface area (Å²) in [6.07, 6.45) is 6.87. The summed E-state index contributed by atoms with van der Waals surface area (Å²) < 4.78 is 15.2. The molecule has 7 nitrogen and oxygen atoms in total. The van der Waals surface area contributed by atoms with Crippen molar-refractivity contribution in [3.8, 4) is 11.4 Å². The Labute approximate surface area is 213 Å². The highest BCUT2D eigenvalue weighted by Gasteiger charge is 2.32. The van der Waals surface area contributed by atoms with Crippen molar-refractivity contribution in [2.45, 2.75) is 76.7 Å². The Hall–Kier alpha value is -2.36. The molecule has 1 aromatic carbocycles. The second kappa shape index (κ2) is 9.95. The molecule has 0 spiro atoms. The molecule has 1 aliphatic rings. The lowest BCUT2D eigenvalue weighted by Crippen LogP contribution is -2.32. The van der Waals surface area contributed by atoms with Crippen LogP contribution in [0.5, 0.6) is 5.75 Å². The summed E-state index contributed by atoms with van der Waals surface area (Å²) in [5, 5.41) is 10.6. The van der Waals surface area contributed by atoms with Gasteiger partial charge in [0.25, 0.3) is 5.56 Å². The van der Waals surface area contributed by atoms with Crippen molar-refractivity contribution in [3.05, 3.63) is 45.1 Å². The van der Waals surface area contributed by atoms with Gasteiger partial charge in [0.15, 0.2) is 5.16 Å². The van der Waals surface area contributed by atoms with Crippen molar-refractivity contribution in [1.82, 2.24) is 19.2 Å². The number of methoxy groups -OCH3 is 1. The number of fused-ring (bicyclic) bond motifs is 5. The number of aromatic nitrogens is 4. The topological polar surface area (TPSA) is 70.7 Å². The van der Waals surface area contributed by atoms with Gasteiger partial charge in [0.2, 0.25) is 5.78 Å². The molecule has 0 amide bonds. The van der Waals surface area contributed by atoms with Crippen LogP contribution in [0.1, 0.15) is 63.3 Å². The molecule has 0 fully saturated rings. The van der Waals surface area contributed by atoms with Crippen molar-refractivity contribution < 1.29 is 9.47 Å². The van der Waals surface area contributed by atoms with Crippen molar-refractivity contribution in [2.75, 3.05) is 12.9 Å². The molecule has 35 heavy (non-hydrogen) atoms.